The number of piperidine rings is 1. The predicted octanol–water partition coefficient (Wildman–Crippen LogP) is 3.94. The summed E-state index contributed by atoms with van der Waals surface area (Å²) in [6, 6.07) is 3.99. The quantitative estimate of drug-likeness (QED) is 0.452. The highest BCUT2D eigenvalue weighted by Gasteiger charge is 2.35. The summed E-state index contributed by atoms with van der Waals surface area (Å²) in [5.41, 5.74) is 10.3. The Balaban J connectivity index is 1.34. The maximum absolute atomic E-state index is 13.3. The maximum atomic E-state index is 13.3. The van der Waals surface area contributed by atoms with Gasteiger partial charge in [0.05, 0.1) is 11.2 Å². The minimum absolute atomic E-state index is 0.00527. The number of hydrogen-bond acceptors (Lipinski definition) is 7. The summed E-state index contributed by atoms with van der Waals surface area (Å²) < 4.78 is 2.06. The van der Waals surface area contributed by atoms with E-state index in [1.54, 1.807) is 6.20 Å². The Morgan fingerprint density at radius 1 is 1.24 bits per heavy atom. The minimum Gasteiger partial charge on any atom is -0.364 e. The first-order valence-corrected chi connectivity index (χ1v) is 13.6. The van der Waals surface area contributed by atoms with Gasteiger partial charge >= 0.3 is 0 Å². The van der Waals surface area contributed by atoms with E-state index in [0.717, 1.165) is 42.8 Å². The number of nitrogens with two attached hydrogens (primary N) is 1. The summed E-state index contributed by atoms with van der Waals surface area (Å²) in [4.78, 5) is 36.6. The molecule has 1 saturated heterocycles. The van der Waals surface area contributed by atoms with Crippen LogP contribution in [0.4, 0.5) is 16.6 Å². The molecular weight excluding hydrogens is 486 g/mol. The van der Waals surface area contributed by atoms with Crippen LogP contribution >= 0.6 is 11.3 Å². The van der Waals surface area contributed by atoms with E-state index < -0.39 is 5.91 Å². The number of amides is 2. The van der Waals surface area contributed by atoms with E-state index in [4.69, 9.17) is 10.7 Å². The zero-order valence-corrected chi connectivity index (χ0v) is 22.9. The molecule has 2 atom stereocenters. The molecule has 0 bridgehead atoms. The molecule has 2 aliphatic rings. The standard InChI is InChI=1S/C27H35N7O2S/c1-15-9-22(37-14-15)32-25-23(24(28)35)29-13-21(31-25)34-8-6-7-18(16(34)2)30-26(36)19-10-17-11-27(3,4)12-20(17)33(19)5/h9-10,13-14,16,18H,6-8,11-12H2,1-5H3,(H2,28,35)(H,30,36)(H,31,32)/t16-,18-/m1/s1. The number of rotatable bonds is 6. The number of aromatic nitrogens is 3. The van der Waals surface area contributed by atoms with E-state index >= 15 is 0 Å². The van der Waals surface area contributed by atoms with Crippen LogP contribution in [0.3, 0.4) is 0 Å². The van der Waals surface area contributed by atoms with Crippen molar-refractivity contribution in [3.63, 3.8) is 0 Å². The monoisotopic (exact) mass is 521 g/mol. The number of fused-ring (bicyclic) bond motifs is 1. The fourth-order valence-electron chi connectivity index (χ4n) is 5.64. The molecule has 3 aromatic heterocycles. The van der Waals surface area contributed by atoms with E-state index in [1.165, 1.54) is 22.6 Å². The Morgan fingerprint density at radius 2 is 2.03 bits per heavy atom. The van der Waals surface area contributed by atoms with Gasteiger partial charge in [-0.1, -0.05) is 13.8 Å². The van der Waals surface area contributed by atoms with Crippen LogP contribution in [0.15, 0.2) is 23.7 Å². The summed E-state index contributed by atoms with van der Waals surface area (Å²) >= 11 is 1.53. The van der Waals surface area contributed by atoms with Crippen LogP contribution < -0.4 is 21.3 Å². The molecule has 1 fully saturated rings. The van der Waals surface area contributed by atoms with Crippen molar-refractivity contribution in [1.82, 2.24) is 19.9 Å². The Bertz CT molecular complexity index is 1360. The summed E-state index contributed by atoms with van der Waals surface area (Å²) in [7, 11) is 1.99. The normalized spacial score (nSPS) is 20.5. The molecule has 196 valence electrons. The molecule has 4 heterocycles. The number of carbonyl (C=O) groups excluding carboxylic acids is 2. The van der Waals surface area contributed by atoms with Crippen molar-refractivity contribution >= 4 is 39.8 Å². The lowest BCUT2D eigenvalue weighted by Gasteiger charge is -2.40. The van der Waals surface area contributed by atoms with E-state index in [-0.39, 0.29) is 29.1 Å². The van der Waals surface area contributed by atoms with Gasteiger partial charge in [0.1, 0.15) is 11.5 Å². The van der Waals surface area contributed by atoms with Gasteiger partial charge in [0.25, 0.3) is 11.8 Å². The molecule has 5 rings (SSSR count). The molecule has 4 N–H and O–H groups in total. The van der Waals surface area contributed by atoms with Crippen molar-refractivity contribution in [3.8, 4) is 0 Å². The third-order valence-electron chi connectivity index (χ3n) is 7.56. The summed E-state index contributed by atoms with van der Waals surface area (Å²) in [6.07, 6.45) is 5.36. The first kappa shape index (κ1) is 25.3. The Hall–Kier alpha value is -3.40. The third kappa shape index (κ3) is 4.94. The number of nitrogens with one attached hydrogen (secondary N) is 2. The highest BCUT2D eigenvalue weighted by molar-refractivity contribution is 7.14. The molecule has 0 unspecified atom stereocenters. The zero-order valence-electron chi connectivity index (χ0n) is 22.1. The Kier molecular flexibility index (Phi) is 6.47. The second-order valence-corrected chi connectivity index (χ2v) is 12.0. The minimum atomic E-state index is -0.635. The molecular formula is C27H35N7O2S. The fourth-order valence-corrected chi connectivity index (χ4v) is 6.43. The molecule has 3 aromatic rings. The number of primary amides is 1. The lowest BCUT2D eigenvalue weighted by atomic mass is 9.90. The van der Waals surface area contributed by atoms with Crippen molar-refractivity contribution in [2.45, 2.75) is 65.5 Å². The van der Waals surface area contributed by atoms with Gasteiger partial charge in [-0.25, -0.2) is 9.97 Å². The van der Waals surface area contributed by atoms with Crippen molar-refractivity contribution in [2.24, 2.45) is 18.2 Å². The number of aryl methyl sites for hydroxylation is 1. The first-order valence-electron chi connectivity index (χ1n) is 12.8. The Morgan fingerprint density at radius 3 is 2.70 bits per heavy atom. The number of carbonyl (C=O) groups is 2. The average Bonchev–Trinajstić information content (AvgIpc) is 3.47. The van der Waals surface area contributed by atoms with Crippen LogP contribution in [0.1, 0.15) is 71.4 Å². The second-order valence-electron chi connectivity index (χ2n) is 11.1. The van der Waals surface area contributed by atoms with Crippen molar-refractivity contribution < 1.29 is 9.59 Å². The van der Waals surface area contributed by atoms with Crippen LogP contribution in [-0.2, 0) is 19.9 Å². The number of hydrogen-bond donors (Lipinski definition) is 3. The third-order valence-corrected chi connectivity index (χ3v) is 8.52. The van der Waals surface area contributed by atoms with Crippen LogP contribution in [0.5, 0.6) is 0 Å². The average molecular weight is 522 g/mol. The molecule has 10 heteroatoms. The van der Waals surface area contributed by atoms with Gasteiger partial charge in [0.15, 0.2) is 11.5 Å². The van der Waals surface area contributed by atoms with E-state index in [2.05, 4.69) is 51.9 Å². The SMILES string of the molecule is Cc1csc(Nc2nc(N3CCC[C@@H](NC(=O)c4cc5c(n4C)CC(C)(C)C5)[C@H]3C)cnc2C(N)=O)c1. The molecule has 9 nitrogen and oxygen atoms in total. The first-order chi connectivity index (χ1) is 17.5. The van der Waals surface area contributed by atoms with Crippen LogP contribution in [-0.4, -0.2) is 45.0 Å². The summed E-state index contributed by atoms with van der Waals surface area (Å²) in [6.45, 7) is 9.42. The van der Waals surface area contributed by atoms with E-state index in [9.17, 15) is 9.59 Å². The molecule has 0 saturated carbocycles. The van der Waals surface area contributed by atoms with Gasteiger partial charge in [0, 0.05) is 31.4 Å². The molecule has 0 aromatic carbocycles. The van der Waals surface area contributed by atoms with Crippen molar-refractivity contribution in [1.29, 1.82) is 0 Å². The summed E-state index contributed by atoms with van der Waals surface area (Å²) in [5, 5.41) is 9.38. The van der Waals surface area contributed by atoms with Crippen molar-refractivity contribution in [2.75, 3.05) is 16.8 Å². The molecule has 1 aliphatic carbocycles. The Labute approximate surface area is 221 Å². The lowest BCUT2D eigenvalue weighted by molar-refractivity contribution is 0.0914. The van der Waals surface area contributed by atoms with Gasteiger partial charge in [-0.05, 0) is 73.6 Å². The largest absolute Gasteiger partial charge is 0.364 e. The number of nitrogens with zero attached hydrogens (tertiary/aromatic N) is 4. The topological polar surface area (TPSA) is 118 Å². The van der Waals surface area contributed by atoms with Crippen LogP contribution in [0.25, 0.3) is 0 Å². The molecule has 37 heavy (non-hydrogen) atoms. The van der Waals surface area contributed by atoms with Gasteiger partial charge in [-0.15, -0.1) is 11.3 Å². The van der Waals surface area contributed by atoms with Gasteiger partial charge in [-0.2, -0.15) is 0 Å². The zero-order chi connectivity index (χ0) is 26.5. The molecule has 0 spiro atoms. The molecule has 1 aliphatic heterocycles. The number of thiophene rings is 1. The number of anilines is 3. The van der Waals surface area contributed by atoms with Crippen LogP contribution in [0, 0.1) is 12.3 Å². The molecule has 0 radical (unpaired) electrons. The summed E-state index contributed by atoms with van der Waals surface area (Å²) in [5.74, 6) is 0.308. The van der Waals surface area contributed by atoms with Crippen LogP contribution in [0.2, 0.25) is 0 Å². The van der Waals surface area contributed by atoms with E-state index in [0.29, 0.717) is 17.3 Å². The van der Waals surface area contributed by atoms with Gasteiger partial charge < -0.3 is 25.8 Å². The maximum Gasteiger partial charge on any atom is 0.271 e. The molecule has 2 amide bonds. The highest BCUT2D eigenvalue weighted by Crippen LogP contribution is 2.37. The predicted molar refractivity (Wildman–Crippen MR) is 147 cm³/mol. The highest BCUT2D eigenvalue weighted by atomic mass is 32.1. The van der Waals surface area contributed by atoms with Gasteiger partial charge in [-0.3, -0.25) is 9.59 Å². The van der Waals surface area contributed by atoms with Crippen molar-refractivity contribution in [3.05, 3.63) is 51.9 Å². The van der Waals surface area contributed by atoms with E-state index in [1.807, 2.05) is 25.4 Å². The fraction of sp³-hybridized carbons (Fsp3) is 0.481. The second kappa shape index (κ2) is 9.48. The smallest absolute Gasteiger partial charge is 0.271 e. The lowest BCUT2D eigenvalue weighted by Crippen LogP contribution is -2.54. The van der Waals surface area contributed by atoms with Gasteiger partial charge in [0.2, 0.25) is 0 Å².